The minimum Gasteiger partial charge on any atom is -0.370 e. The summed E-state index contributed by atoms with van der Waals surface area (Å²) in [7, 11) is 0. The number of rotatable bonds is 4. The van der Waals surface area contributed by atoms with Crippen LogP contribution in [0.25, 0.3) is 0 Å². The second-order valence-electron chi connectivity index (χ2n) is 2.11. The van der Waals surface area contributed by atoms with Crippen LogP contribution in [-0.2, 0) is 4.79 Å². The standard InChI is InChI=1S/C7H9N3OS/c8-6(11)1-4-12-7-5-9-2-3-10-7/h2-3,5H,1,4H2,(H2,8,11). The Kier molecular flexibility index (Phi) is 3.53. The van der Waals surface area contributed by atoms with Crippen molar-refractivity contribution < 1.29 is 4.79 Å². The molecule has 4 nitrogen and oxygen atoms in total. The third kappa shape index (κ3) is 3.34. The van der Waals surface area contributed by atoms with Gasteiger partial charge >= 0.3 is 0 Å². The Balaban J connectivity index is 2.29. The number of nitrogens with two attached hydrogens (primary N) is 1. The van der Waals surface area contributed by atoms with Gasteiger partial charge in [-0.1, -0.05) is 0 Å². The Morgan fingerprint density at radius 1 is 1.58 bits per heavy atom. The van der Waals surface area contributed by atoms with E-state index in [1.54, 1.807) is 18.6 Å². The maximum absolute atomic E-state index is 10.4. The second kappa shape index (κ2) is 4.71. The van der Waals surface area contributed by atoms with E-state index in [9.17, 15) is 4.79 Å². The average Bonchev–Trinajstić information content (AvgIpc) is 2.05. The van der Waals surface area contributed by atoms with Crippen molar-refractivity contribution in [2.45, 2.75) is 11.4 Å². The molecule has 0 bridgehead atoms. The molecule has 0 aliphatic rings. The van der Waals surface area contributed by atoms with E-state index in [1.807, 2.05) is 0 Å². The minimum absolute atomic E-state index is 0.286. The molecule has 1 rings (SSSR count). The number of primary amides is 1. The largest absolute Gasteiger partial charge is 0.370 e. The Bertz CT molecular complexity index is 252. The van der Waals surface area contributed by atoms with E-state index in [0.717, 1.165) is 5.03 Å². The minimum atomic E-state index is -0.286. The molecule has 0 atom stereocenters. The summed E-state index contributed by atoms with van der Waals surface area (Å²) in [5, 5.41) is 0.818. The molecule has 0 aliphatic heterocycles. The van der Waals surface area contributed by atoms with Gasteiger partial charge in [-0.2, -0.15) is 0 Å². The first-order chi connectivity index (χ1) is 5.79. The van der Waals surface area contributed by atoms with E-state index in [2.05, 4.69) is 9.97 Å². The van der Waals surface area contributed by atoms with Crippen LogP contribution in [0, 0.1) is 0 Å². The molecule has 1 aromatic heterocycles. The molecule has 2 N–H and O–H groups in total. The highest BCUT2D eigenvalue weighted by molar-refractivity contribution is 7.99. The lowest BCUT2D eigenvalue weighted by Gasteiger charge is -1.96. The first-order valence-corrected chi connectivity index (χ1v) is 4.44. The highest BCUT2D eigenvalue weighted by atomic mass is 32.2. The smallest absolute Gasteiger partial charge is 0.218 e. The fourth-order valence-corrected chi connectivity index (χ4v) is 1.40. The summed E-state index contributed by atoms with van der Waals surface area (Å²) in [4.78, 5) is 18.3. The van der Waals surface area contributed by atoms with Crippen molar-refractivity contribution in [2.24, 2.45) is 5.73 Å². The Morgan fingerprint density at radius 3 is 3.00 bits per heavy atom. The van der Waals surface area contributed by atoms with Gasteiger partial charge in [0.15, 0.2) is 0 Å². The zero-order valence-corrected chi connectivity index (χ0v) is 7.25. The van der Waals surface area contributed by atoms with E-state index in [1.165, 1.54) is 11.8 Å². The molecule has 5 heteroatoms. The Hall–Kier alpha value is -1.10. The van der Waals surface area contributed by atoms with Crippen LogP contribution < -0.4 is 5.73 Å². The predicted octanol–water partition coefficient (Wildman–Crippen LogP) is 0.444. The summed E-state index contributed by atoms with van der Waals surface area (Å²) in [6.45, 7) is 0. The van der Waals surface area contributed by atoms with E-state index in [0.29, 0.717) is 12.2 Å². The van der Waals surface area contributed by atoms with Crippen LogP contribution in [0.15, 0.2) is 23.6 Å². The maximum atomic E-state index is 10.4. The number of hydrogen-bond donors (Lipinski definition) is 1. The fraction of sp³-hybridized carbons (Fsp3) is 0.286. The molecule has 12 heavy (non-hydrogen) atoms. The molecule has 1 aromatic rings. The fourth-order valence-electron chi connectivity index (χ4n) is 0.616. The maximum Gasteiger partial charge on any atom is 0.218 e. The first kappa shape index (κ1) is 8.99. The number of amides is 1. The normalized spacial score (nSPS) is 9.67. The van der Waals surface area contributed by atoms with Gasteiger partial charge in [0.25, 0.3) is 0 Å². The second-order valence-corrected chi connectivity index (χ2v) is 3.22. The van der Waals surface area contributed by atoms with Crippen LogP contribution in [0.2, 0.25) is 0 Å². The molecule has 0 spiro atoms. The predicted molar refractivity (Wildman–Crippen MR) is 46.6 cm³/mol. The summed E-state index contributed by atoms with van der Waals surface area (Å²) in [5.74, 6) is 0.375. The van der Waals surface area contributed by atoms with Gasteiger partial charge in [-0.25, -0.2) is 4.98 Å². The number of hydrogen-bond acceptors (Lipinski definition) is 4. The summed E-state index contributed by atoms with van der Waals surface area (Å²) < 4.78 is 0. The van der Waals surface area contributed by atoms with Crippen molar-refractivity contribution in [3.8, 4) is 0 Å². The van der Waals surface area contributed by atoms with Gasteiger partial charge in [-0.05, 0) is 0 Å². The molecule has 64 valence electrons. The molecular formula is C7H9N3OS. The van der Waals surface area contributed by atoms with Gasteiger partial charge in [-0.3, -0.25) is 9.78 Å². The topological polar surface area (TPSA) is 68.9 Å². The zero-order chi connectivity index (χ0) is 8.81. The number of carbonyl (C=O) groups is 1. The summed E-state index contributed by atoms with van der Waals surface area (Å²) in [5.41, 5.74) is 4.97. The number of thioether (sulfide) groups is 1. The Morgan fingerprint density at radius 2 is 2.42 bits per heavy atom. The molecule has 1 heterocycles. The molecular weight excluding hydrogens is 174 g/mol. The van der Waals surface area contributed by atoms with Crippen LogP contribution >= 0.6 is 11.8 Å². The van der Waals surface area contributed by atoms with Gasteiger partial charge in [0.1, 0.15) is 5.03 Å². The van der Waals surface area contributed by atoms with Gasteiger partial charge in [0, 0.05) is 24.6 Å². The van der Waals surface area contributed by atoms with Crippen molar-refractivity contribution in [1.82, 2.24) is 9.97 Å². The lowest BCUT2D eigenvalue weighted by molar-refractivity contribution is -0.117. The lowest BCUT2D eigenvalue weighted by Crippen LogP contribution is -2.10. The summed E-state index contributed by atoms with van der Waals surface area (Å²) in [6.07, 6.45) is 5.26. The summed E-state index contributed by atoms with van der Waals surface area (Å²) >= 11 is 1.47. The van der Waals surface area contributed by atoms with E-state index < -0.39 is 0 Å². The zero-order valence-electron chi connectivity index (χ0n) is 6.43. The molecule has 0 unspecified atom stereocenters. The van der Waals surface area contributed by atoms with Gasteiger partial charge in [-0.15, -0.1) is 11.8 Å². The van der Waals surface area contributed by atoms with Crippen molar-refractivity contribution in [3.63, 3.8) is 0 Å². The van der Waals surface area contributed by atoms with Crippen LogP contribution in [0.5, 0.6) is 0 Å². The lowest BCUT2D eigenvalue weighted by atomic mass is 10.5. The molecule has 0 aromatic carbocycles. The van der Waals surface area contributed by atoms with E-state index in [4.69, 9.17) is 5.73 Å². The third-order valence-corrected chi connectivity index (χ3v) is 2.05. The van der Waals surface area contributed by atoms with Crippen LogP contribution in [-0.4, -0.2) is 21.6 Å². The van der Waals surface area contributed by atoms with Crippen molar-refractivity contribution in [3.05, 3.63) is 18.6 Å². The van der Waals surface area contributed by atoms with E-state index >= 15 is 0 Å². The monoisotopic (exact) mass is 183 g/mol. The highest BCUT2D eigenvalue weighted by Crippen LogP contribution is 2.13. The molecule has 0 saturated heterocycles. The quantitative estimate of drug-likeness (QED) is 0.688. The van der Waals surface area contributed by atoms with Gasteiger partial charge in [0.2, 0.25) is 5.91 Å². The average molecular weight is 183 g/mol. The van der Waals surface area contributed by atoms with Crippen molar-refractivity contribution >= 4 is 17.7 Å². The van der Waals surface area contributed by atoms with Gasteiger partial charge < -0.3 is 5.73 Å². The number of aromatic nitrogens is 2. The Labute approximate surface area is 74.6 Å². The van der Waals surface area contributed by atoms with Gasteiger partial charge in [0.05, 0.1) is 6.20 Å². The molecule has 0 fully saturated rings. The van der Waals surface area contributed by atoms with Crippen LogP contribution in [0.3, 0.4) is 0 Å². The first-order valence-electron chi connectivity index (χ1n) is 3.46. The highest BCUT2D eigenvalue weighted by Gasteiger charge is 1.97. The molecule has 0 aliphatic carbocycles. The van der Waals surface area contributed by atoms with Crippen molar-refractivity contribution in [2.75, 3.05) is 5.75 Å². The SMILES string of the molecule is NC(=O)CCSc1cnccn1. The van der Waals surface area contributed by atoms with Crippen molar-refractivity contribution in [1.29, 1.82) is 0 Å². The third-order valence-electron chi connectivity index (χ3n) is 1.14. The molecule has 0 saturated carbocycles. The molecule has 0 radical (unpaired) electrons. The number of nitrogens with zero attached hydrogens (tertiary/aromatic N) is 2. The van der Waals surface area contributed by atoms with E-state index in [-0.39, 0.29) is 5.91 Å². The summed E-state index contributed by atoms with van der Waals surface area (Å²) in [6, 6.07) is 0. The van der Waals surface area contributed by atoms with Crippen LogP contribution in [0.4, 0.5) is 0 Å². The number of carbonyl (C=O) groups excluding carboxylic acids is 1. The molecule has 1 amide bonds. The van der Waals surface area contributed by atoms with Crippen LogP contribution in [0.1, 0.15) is 6.42 Å².